The number of hydrogen-bond acceptors (Lipinski definition) is 4. The van der Waals surface area contributed by atoms with Crippen LogP contribution in [-0.2, 0) is 0 Å². The van der Waals surface area contributed by atoms with Crippen molar-refractivity contribution in [1.29, 1.82) is 0 Å². The fourth-order valence-electron chi connectivity index (χ4n) is 1.41. The summed E-state index contributed by atoms with van der Waals surface area (Å²) in [5.41, 5.74) is 6.05. The van der Waals surface area contributed by atoms with Gasteiger partial charge in [0, 0.05) is 5.56 Å². The van der Waals surface area contributed by atoms with E-state index >= 15 is 0 Å². The molecule has 1 aromatic rings. The number of nitrogens with two attached hydrogens (primary N) is 1. The summed E-state index contributed by atoms with van der Waals surface area (Å²) in [6, 6.07) is 2.70. The number of benzene rings is 1. The van der Waals surface area contributed by atoms with E-state index in [2.05, 4.69) is 0 Å². The van der Waals surface area contributed by atoms with Crippen LogP contribution in [-0.4, -0.2) is 29.8 Å². The van der Waals surface area contributed by atoms with Gasteiger partial charge in [-0.15, -0.1) is 0 Å². The smallest absolute Gasteiger partial charge is 0.335 e. The molecule has 1 unspecified atom stereocenters. The molecule has 0 bridgehead atoms. The molecule has 0 aromatic heterocycles. The van der Waals surface area contributed by atoms with Crippen molar-refractivity contribution in [1.82, 2.24) is 0 Å². The fourth-order valence-corrected chi connectivity index (χ4v) is 1.41. The van der Waals surface area contributed by atoms with Crippen molar-refractivity contribution < 1.29 is 19.7 Å². The van der Waals surface area contributed by atoms with Crippen molar-refractivity contribution in [3.63, 3.8) is 0 Å². The Morgan fingerprint density at radius 1 is 1.56 bits per heavy atom. The second-order valence-corrected chi connectivity index (χ2v) is 3.56. The Morgan fingerprint density at radius 2 is 2.19 bits per heavy atom. The van der Waals surface area contributed by atoms with E-state index in [1.54, 1.807) is 6.92 Å². The highest BCUT2D eigenvalue weighted by molar-refractivity contribution is 5.89. The summed E-state index contributed by atoms with van der Waals surface area (Å²) in [5, 5.41) is 18.7. The molecule has 1 aromatic carbocycles. The Labute approximate surface area is 93.5 Å². The lowest BCUT2D eigenvalue weighted by Crippen LogP contribution is -2.10. The molecule has 0 fully saturated rings. The second kappa shape index (κ2) is 4.85. The molecule has 88 valence electrons. The summed E-state index contributed by atoms with van der Waals surface area (Å²) >= 11 is 0. The minimum Gasteiger partial charge on any atom is -0.504 e. The van der Waals surface area contributed by atoms with Crippen molar-refractivity contribution in [3.05, 3.63) is 23.3 Å². The fraction of sp³-hybridized carbons (Fsp3) is 0.364. The van der Waals surface area contributed by atoms with Gasteiger partial charge < -0.3 is 20.7 Å². The zero-order valence-corrected chi connectivity index (χ0v) is 9.23. The number of aromatic carboxylic acids is 1. The predicted octanol–water partition coefficient (Wildman–Crippen LogP) is 1.16. The molecular formula is C11H15NO4. The number of ether oxygens (including phenoxy) is 1. The first kappa shape index (κ1) is 12.3. The van der Waals surface area contributed by atoms with Crippen LogP contribution < -0.4 is 10.5 Å². The summed E-state index contributed by atoms with van der Waals surface area (Å²) in [6.07, 6.45) is 0. The van der Waals surface area contributed by atoms with E-state index < -0.39 is 5.97 Å². The number of phenolic OH excluding ortho intramolecular Hbond substituents is 1. The van der Waals surface area contributed by atoms with Crippen LogP contribution in [0.5, 0.6) is 11.5 Å². The highest BCUT2D eigenvalue weighted by Gasteiger charge is 2.17. The van der Waals surface area contributed by atoms with Gasteiger partial charge in [-0.25, -0.2) is 4.79 Å². The number of aromatic hydroxyl groups is 1. The van der Waals surface area contributed by atoms with Crippen molar-refractivity contribution in [2.24, 2.45) is 5.73 Å². The van der Waals surface area contributed by atoms with E-state index in [0.29, 0.717) is 12.1 Å². The van der Waals surface area contributed by atoms with Crippen LogP contribution in [0.2, 0.25) is 0 Å². The van der Waals surface area contributed by atoms with Gasteiger partial charge in [0.1, 0.15) is 0 Å². The Morgan fingerprint density at radius 3 is 2.62 bits per heavy atom. The summed E-state index contributed by atoms with van der Waals surface area (Å²) < 4.78 is 4.92. The Bertz CT molecular complexity index is 403. The van der Waals surface area contributed by atoms with Crippen LogP contribution in [0, 0.1) is 0 Å². The lowest BCUT2D eigenvalue weighted by Gasteiger charge is -2.14. The number of carboxylic acids is 1. The van der Waals surface area contributed by atoms with Gasteiger partial charge in [0.25, 0.3) is 0 Å². The Kier molecular flexibility index (Phi) is 3.73. The predicted molar refractivity (Wildman–Crippen MR) is 59.1 cm³/mol. The quantitative estimate of drug-likeness (QED) is 0.715. The monoisotopic (exact) mass is 225 g/mol. The third kappa shape index (κ3) is 2.25. The molecule has 0 aliphatic rings. The molecule has 5 heteroatoms. The maximum absolute atomic E-state index is 10.9. The molecule has 16 heavy (non-hydrogen) atoms. The number of rotatable bonds is 4. The van der Waals surface area contributed by atoms with Crippen LogP contribution >= 0.6 is 0 Å². The SMILES string of the molecule is COc1cc(C(=O)O)cc(C(C)CN)c1O. The van der Waals surface area contributed by atoms with Crippen molar-refractivity contribution >= 4 is 5.97 Å². The molecule has 1 rings (SSSR count). The number of carbonyl (C=O) groups is 1. The Balaban J connectivity index is 3.35. The molecule has 0 radical (unpaired) electrons. The van der Waals surface area contributed by atoms with Crippen molar-refractivity contribution in [3.8, 4) is 11.5 Å². The molecule has 5 nitrogen and oxygen atoms in total. The average molecular weight is 225 g/mol. The number of carboxylic acid groups (broad SMARTS) is 1. The van der Waals surface area contributed by atoms with Crippen LogP contribution in [0.1, 0.15) is 28.8 Å². The lowest BCUT2D eigenvalue weighted by atomic mass is 9.97. The summed E-state index contributed by atoms with van der Waals surface area (Å²) in [7, 11) is 1.37. The molecular weight excluding hydrogens is 210 g/mol. The maximum atomic E-state index is 10.9. The van der Waals surface area contributed by atoms with E-state index in [0.717, 1.165) is 0 Å². The maximum Gasteiger partial charge on any atom is 0.335 e. The van der Waals surface area contributed by atoms with Crippen molar-refractivity contribution in [2.75, 3.05) is 13.7 Å². The molecule has 4 N–H and O–H groups in total. The van der Waals surface area contributed by atoms with Gasteiger partial charge >= 0.3 is 5.97 Å². The minimum atomic E-state index is -1.07. The van der Waals surface area contributed by atoms with E-state index in [4.69, 9.17) is 15.6 Å². The van der Waals surface area contributed by atoms with E-state index in [9.17, 15) is 9.90 Å². The third-order valence-corrected chi connectivity index (χ3v) is 2.46. The van der Waals surface area contributed by atoms with Gasteiger partial charge in [0.2, 0.25) is 0 Å². The van der Waals surface area contributed by atoms with E-state index in [1.165, 1.54) is 19.2 Å². The topological polar surface area (TPSA) is 92.8 Å². The van der Waals surface area contributed by atoms with E-state index in [-0.39, 0.29) is 23.0 Å². The first-order valence-electron chi connectivity index (χ1n) is 4.85. The standard InChI is InChI=1S/C11H15NO4/c1-6(5-12)8-3-7(11(14)15)4-9(16-2)10(8)13/h3-4,6,13H,5,12H2,1-2H3,(H,14,15). The highest BCUT2D eigenvalue weighted by atomic mass is 16.5. The van der Waals surface area contributed by atoms with Crippen LogP contribution in [0.3, 0.4) is 0 Å². The molecule has 0 aliphatic heterocycles. The normalized spacial score (nSPS) is 12.2. The number of hydrogen-bond donors (Lipinski definition) is 3. The third-order valence-electron chi connectivity index (χ3n) is 2.46. The van der Waals surface area contributed by atoms with Gasteiger partial charge in [-0.05, 0) is 24.6 Å². The van der Waals surface area contributed by atoms with Crippen LogP contribution in [0.25, 0.3) is 0 Å². The average Bonchev–Trinajstić information content (AvgIpc) is 2.28. The molecule has 0 saturated carbocycles. The zero-order chi connectivity index (χ0) is 12.3. The van der Waals surface area contributed by atoms with Gasteiger partial charge in [0.15, 0.2) is 11.5 Å². The lowest BCUT2D eigenvalue weighted by molar-refractivity contribution is 0.0696. The van der Waals surface area contributed by atoms with Crippen molar-refractivity contribution in [2.45, 2.75) is 12.8 Å². The van der Waals surface area contributed by atoms with Crippen LogP contribution in [0.15, 0.2) is 12.1 Å². The first-order valence-corrected chi connectivity index (χ1v) is 4.85. The molecule has 0 heterocycles. The second-order valence-electron chi connectivity index (χ2n) is 3.56. The largest absolute Gasteiger partial charge is 0.504 e. The summed E-state index contributed by atoms with van der Waals surface area (Å²) in [6.45, 7) is 2.12. The molecule has 0 spiro atoms. The number of phenols is 1. The van der Waals surface area contributed by atoms with Crippen LogP contribution in [0.4, 0.5) is 0 Å². The van der Waals surface area contributed by atoms with E-state index in [1.807, 2.05) is 0 Å². The summed E-state index contributed by atoms with van der Waals surface area (Å²) in [4.78, 5) is 10.9. The highest BCUT2D eigenvalue weighted by Crippen LogP contribution is 2.35. The molecule has 1 atom stereocenters. The molecule has 0 saturated heterocycles. The number of methoxy groups -OCH3 is 1. The molecule has 0 aliphatic carbocycles. The Hall–Kier alpha value is -1.75. The van der Waals surface area contributed by atoms with Gasteiger partial charge in [-0.2, -0.15) is 0 Å². The molecule has 0 amide bonds. The van der Waals surface area contributed by atoms with Gasteiger partial charge in [-0.1, -0.05) is 6.92 Å². The zero-order valence-electron chi connectivity index (χ0n) is 9.23. The van der Waals surface area contributed by atoms with Gasteiger partial charge in [0.05, 0.1) is 12.7 Å². The van der Waals surface area contributed by atoms with Gasteiger partial charge in [-0.3, -0.25) is 0 Å². The summed E-state index contributed by atoms with van der Waals surface area (Å²) in [5.74, 6) is -1.10. The first-order chi connectivity index (χ1) is 7.51. The minimum absolute atomic E-state index is 0.0505.